The van der Waals surface area contributed by atoms with Gasteiger partial charge in [0.25, 0.3) is 5.91 Å². The van der Waals surface area contributed by atoms with E-state index in [-0.39, 0.29) is 5.91 Å². The molecular formula is C18H15ClN2O3S2. The Morgan fingerprint density at radius 3 is 2.69 bits per heavy atom. The van der Waals surface area contributed by atoms with Gasteiger partial charge in [0, 0.05) is 24.7 Å². The van der Waals surface area contributed by atoms with Crippen molar-refractivity contribution in [3.8, 4) is 11.3 Å². The highest BCUT2D eigenvalue weighted by atomic mass is 35.5. The van der Waals surface area contributed by atoms with E-state index in [9.17, 15) is 4.79 Å². The normalized spacial score (nSPS) is 20.3. The van der Waals surface area contributed by atoms with E-state index in [2.05, 4.69) is 0 Å². The number of hydrogen-bond donors (Lipinski definition) is 0. The smallest absolute Gasteiger partial charge is 0.281 e. The van der Waals surface area contributed by atoms with Gasteiger partial charge < -0.3 is 9.15 Å². The third-order valence-corrected chi connectivity index (χ3v) is 5.70. The van der Waals surface area contributed by atoms with Crippen molar-refractivity contribution in [3.63, 3.8) is 0 Å². The zero-order valence-corrected chi connectivity index (χ0v) is 16.1. The predicted molar refractivity (Wildman–Crippen MR) is 107 cm³/mol. The molecule has 0 saturated carbocycles. The summed E-state index contributed by atoms with van der Waals surface area (Å²) in [5, 5.41) is 4.11. The number of benzene rings is 1. The molecule has 2 aliphatic rings. The number of thiocarbonyl (C=S) groups is 1. The second-order valence-corrected chi connectivity index (χ2v) is 7.82. The van der Waals surface area contributed by atoms with Gasteiger partial charge >= 0.3 is 0 Å². The Hall–Kier alpha value is -1.64. The summed E-state index contributed by atoms with van der Waals surface area (Å²) in [6.07, 6.45) is 1.72. The minimum Gasteiger partial charge on any atom is -0.457 e. The van der Waals surface area contributed by atoms with Crippen molar-refractivity contribution in [2.75, 3.05) is 26.3 Å². The molecule has 1 aromatic heterocycles. The first-order valence-electron chi connectivity index (χ1n) is 8.09. The summed E-state index contributed by atoms with van der Waals surface area (Å²) in [6, 6.07) is 11.1. The van der Waals surface area contributed by atoms with Crippen LogP contribution < -0.4 is 0 Å². The first kappa shape index (κ1) is 17.8. The number of halogens is 1. The minimum absolute atomic E-state index is 0.127. The lowest BCUT2D eigenvalue weighted by Crippen LogP contribution is -2.50. The van der Waals surface area contributed by atoms with E-state index in [1.807, 2.05) is 41.4 Å². The Bertz CT molecular complexity index is 890. The zero-order chi connectivity index (χ0) is 18.1. The Kier molecular flexibility index (Phi) is 5.15. The van der Waals surface area contributed by atoms with Gasteiger partial charge in [-0.2, -0.15) is 0 Å². The molecule has 0 N–H and O–H groups in total. The van der Waals surface area contributed by atoms with Crippen molar-refractivity contribution in [2.24, 2.45) is 0 Å². The lowest BCUT2D eigenvalue weighted by atomic mass is 10.2. The number of nitrogens with zero attached hydrogens (tertiary/aromatic N) is 2. The van der Waals surface area contributed by atoms with Crippen molar-refractivity contribution in [3.05, 3.63) is 52.1 Å². The molecule has 0 atom stereocenters. The fraction of sp³-hybridized carbons (Fsp3) is 0.222. The van der Waals surface area contributed by atoms with Gasteiger partial charge in [-0.15, -0.1) is 0 Å². The van der Waals surface area contributed by atoms with Crippen LogP contribution in [0, 0.1) is 0 Å². The summed E-state index contributed by atoms with van der Waals surface area (Å²) in [6.45, 7) is 2.49. The van der Waals surface area contributed by atoms with E-state index < -0.39 is 0 Å². The van der Waals surface area contributed by atoms with Crippen LogP contribution in [-0.2, 0) is 9.53 Å². The largest absolute Gasteiger partial charge is 0.457 e. The summed E-state index contributed by atoms with van der Waals surface area (Å²) in [7, 11) is 0. The van der Waals surface area contributed by atoms with E-state index in [4.69, 9.17) is 33.0 Å². The molecule has 4 rings (SSSR count). The number of ether oxygens (including phenoxy) is 1. The van der Waals surface area contributed by atoms with E-state index >= 15 is 0 Å². The highest BCUT2D eigenvalue weighted by Crippen LogP contribution is 2.35. The third kappa shape index (κ3) is 3.45. The molecule has 1 aromatic carbocycles. The molecule has 26 heavy (non-hydrogen) atoms. The number of amides is 1. The third-order valence-electron chi connectivity index (χ3n) is 4.08. The summed E-state index contributed by atoms with van der Waals surface area (Å²) < 4.78 is 11.7. The summed E-state index contributed by atoms with van der Waals surface area (Å²) >= 11 is 12.9. The number of hydrogen-bond acceptors (Lipinski definition) is 6. The molecule has 0 radical (unpaired) electrons. The van der Waals surface area contributed by atoms with Crippen LogP contribution in [0.3, 0.4) is 0 Å². The molecule has 2 aliphatic heterocycles. The quantitative estimate of drug-likeness (QED) is 0.566. The highest BCUT2D eigenvalue weighted by molar-refractivity contribution is 8.26. The minimum atomic E-state index is -0.127. The topological polar surface area (TPSA) is 45.9 Å². The molecule has 2 fully saturated rings. The number of carbonyl (C=O) groups excluding carboxylic acids is 1. The Morgan fingerprint density at radius 2 is 1.92 bits per heavy atom. The molecule has 0 aliphatic carbocycles. The molecule has 5 nitrogen and oxygen atoms in total. The van der Waals surface area contributed by atoms with Crippen molar-refractivity contribution in [1.29, 1.82) is 0 Å². The van der Waals surface area contributed by atoms with Gasteiger partial charge in [-0.1, -0.05) is 47.7 Å². The molecule has 8 heteroatoms. The van der Waals surface area contributed by atoms with E-state index in [1.165, 1.54) is 11.8 Å². The van der Waals surface area contributed by atoms with E-state index in [1.54, 1.807) is 11.1 Å². The molecule has 0 unspecified atom stereocenters. The van der Waals surface area contributed by atoms with Gasteiger partial charge in [0.1, 0.15) is 11.5 Å². The first-order valence-corrected chi connectivity index (χ1v) is 9.69. The van der Waals surface area contributed by atoms with Crippen LogP contribution in [0.2, 0.25) is 5.02 Å². The van der Waals surface area contributed by atoms with Gasteiger partial charge in [-0.3, -0.25) is 4.79 Å². The number of hydrazine groups is 1. The van der Waals surface area contributed by atoms with E-state index in [0.717, 1.165) is 5.56 Å². The average Bonchev–Trinajstić information content (AvgIpc) is 3.21. The fourth-order valence-electron chi connectivity index (χ4n) is 2.82. The van der Waals surface area contributed by atoms with Gasteiger partial charge in [0.15, 0.2) is 4.32 Å². The molecule has 2 aromatic rings. The molecule has 134 valence electrons. The number of furan rings is 1. The zero-order valence-electron chi connectivity index (χ0n) is 13.7. The van der Waals surface area contributed by atoms with Gasteiger partial charge in [-0.05, 0) is 24.3 Å². The Morgan fingerprint density at radius 1 is 1.15 bits per heavy atom. The van der Waals surface area contributed by atoms with Crippen molar-refractivity contribution < 1.29 is 13.9 Å². The highest BCUT2D eigenvalue weighted by Gasteiger charge is 2.37. The van der Waals surface area contributed by atoms with Gasteiger partial charge in [0.2, 0.25) is 0 Å². The van der Waals surface area contributed by atoms with Crippen LogP contribution in [0.25, 0.3) is 17.4 Å². The number of carbonyl (C=O) groups is 1. The maximum atomic E-state index is 12.8. The Balaban J connectivity index is 1.56. The molecule has 1 amide bonds. The molecule has 0 spiro atoms. The lowest BCUT2D eigenvalue weighted by Gasteiger charge is -2.33. The van der Waals surface area contributed by atoms with Gasteiger partial charge in [-0.25, -0.2) is 10.0 Å². The molecule has 0 bridgehead atoms. The standard InChI is InChI=1S/C18H15ClN2O3S2/c19-14-4-2-1-3-13(14)15-6-5-12(24-15)11-16-17(22)21(18(25)26-16)20-7-9-23-10-8-20/h1-6,11H,7-10H2. The maximum Gasteiger partial charge on any atom is 0.281 e. The second kappa shape index (κ2) is 7.54. The average molecular weight is 407 g/mol. The SMILES string of the molecule is O=C1C(=Cc2ccc(-c3ccccc3Cl)o2)SC(=S)N1N1CCOCC1. The second-order valence-electron chi connectivity index (χ2n) is 5.74. The summed E-state index contributed by atoms with van der Waals surface area (Å²) in [5.74, 6) is 1.12. The summed E-state index contributed by atoms with van der Waals surface area (Å²) in [4.78, 5) is 13.3. The van der Waals surface area contributed by atoms with E-state index in [0.29, 0.717) is 52.1 Å². The van der Waals surface area contributed by atoms with Crippen LogP contribution in [-0.4, -0.2) is 46.5 Å². The molecule has 3 heterocycles. The van der Waals surface area contributed by atoms with Gasteiger partial charge in [0.05, 0.1) is 23.1 Å². The van der Waals surface area contributed by atoms with Crippen LogP contribution in [0.15, 0.2) is 45.7 Å². The predicted octanol–water partition coefficient (Wildman–Crippen LogP) is 4.05. The Labute approximate surface area is 165 Å². The number of thioether (sulfide) groups is 1. The summed E-state index contributed by atoms with van der Waals surface area (Å²) in [5.41, 5.74) is 0.815. The van der Waals surface area contributed by atoms with Crippen LogP contribution >= 0.6 is 35.6 Å². The van der Waals surface area contributed by atoms with Crippen molar-refractivity contribution >= 4 is 51.9 Å². The number of rotatable bonds is 3. The maximum absolute atomic E-state index is 12.8. The van der Waals surface area contributed by atoms with Crippen LogP contribution in [0.5, 0.6) is 0 Å². The molecular weight excluding hydrogens is 392 g/mol. The van der Waals surface area contributed by atoms with Crippen molar-refractivity contribution in [1.82, 2.24) is 10.0 Å². The first-order chi connectivity index (χ1) is 12.6. The lowest BCUT2D eigenvalue weighted by molar-refractivity contribution is -0.138. The molecule has 2 saturated heterocycles. The number of morpholine rings is 1. The van der Waals surface area contributed by atoms with Crippen LogP contribution in [0.4, 0.5) is 0 Å². The van der Waals surface area contributed by atoms with Crippen molar-refractivity contribution in [2.45, 2.75) is 0 Å². The van der Waals surface area contributed by atoms with Crippen LogP contribution in [0.1, 0.15) is 5.76 Å². The fourth-order valence-corrected chi connectivity index (χ4v) is 4.34. The monoisotopic (exact) mass is 406 g/mol.